The van der Waals surface area contributed by atoms with E-state index in [2.05, 4.69) is 10.3 Å². The van der Waals surface area contributed by atoms with Gasteiger partial charge in [0, 0.05) is 53.7 Å². The average molecular weight is 224 g/mol. The minimum atomic E-state index is -0.679. The molecule has 0 saturated carbocycles. The number of hydrogen-bond donors (Lipinski definition) is 1. The second kappa shape index (κ2) is 5.37. The first-order chi connectivity index (χ1) is 7.34. The zero-order chi connectivity index (χ0) is 10.5. The lowest BCUT2D eigenvalue weighted by Crippen LogP contribution is -2.45. The Bertz CT molecular complexity index is 325. The molecule has 1 unspecified atom stereocenters. The van der Waals surface area contributed by atoms with Crippen molar-refractivity contribution < 1.29 is 4.21 Å². The Morgan fingerprint density at radius 1 is 1.47 bits per heavy atom. The van der Waals surface area contributed by atoms with E-state index in [0.29, 0.717) is 5.92 Å². The van der Waals surface area contributed by atoms with Crippen molar-refractivity contribution in [3.05, 3.63) is 30.1 Å². The van der Waals surface area contributed by atoms with Crippen LogP contribution < -0.4 is 5.32 Å². The first-order valence-electron chi connectivity index (χ1n) is 5.30. The predicted octanol–water partition coefficient (Wildman–Crippen LogP) is 0.592. The lowest BCUT2D eigenvalue weighted by molar-refractivity contribution is 0.382. The quantitative estimate of drug-likeness (QED) is 0.796. The first-order valence-corrected chi connectivity index (χ1v) is 6.79. The van der Waals surface area contributed by atoms with Crippen LogP contribution in [0.15, 0.2) is 24.4 Å². The molecule has 0 aliphatic carbocycles. The van der Waals surface area contributed by atoms with Gasteiger partial charge >= 0.3 is 0 Å². The van der Waals surface area contributed by atoms with E-state index in [-0.39, 0.29) is 0 Å². The molecular weight excluding hydrogens is 208 g/mol. The molecule has 2 rings (SSSR count). The van der Waals surface area contributed by atoms with Crippen molar-refractivity contribution in [2.45, 2.75) is 6.42 Å². The molecule has 82 valence electrons. The molecule has 1 aliphatic rings. The van der Waals surface area contributed by atoms with Crippen LogP contribution in [0, 0.1) is 5.92 Å². The van der Waals surface area contributed by atoms with Crippen LogP contribution in [0.25, 0.3) is 0 Å². The van der Waals surface area contributed by atoms with Gasteiger partial charge in [0.15, 0.2) is 0 Å². The Hall–Kier alpha value is -0.740. The highest BCUT2D eigenvalue weighted by atomic mass is 32.2. The Balaban J connectivity index is 1.71. The van der Waals surface area contributed by atoms with Crippen LogP contribution >= 0.6 is 0 Å². The molecule has 1 fully saturated rings. The highest BCUT2D eigenvalue weighted by Gasteiger charge is 2.18. The summed E-state index contributed by atoms with van der Waals surface area (Å²) in [5.74, 6) is 2.22. The summed E-state index contributed by atoms with van der Waals surface area (Å²) in [5.41, 5.74) is 1.04. The molecule has 1 aromatic heterocycles. The predicted molar refractivity (Wildman–Crippen MR) is 62.2 cm³/mol. The molecule has 0 spiro atoms. The van der Waals surface area contributed by atoms with E-state index in [1.807, 2.05) is 18.2 Å². The summed E-state index contributed by atoms with van der Waals surface area (Å²) in [6.07, 6.45) is 2.61. The normalized spacial score (nSPS) is 18.4. The lowest BCUT2D eigenvalue weighted by atomic mass is 10.1. The zero-order valence-corrected chi connectivity index (χ0v) is 9.50. The summed E-state index contributed by atoms with van der Waals surface area (Å²) in [7, 11) is -0.679. The number of pyridine rings is 1. The van der Waals surface area contributed by atoms with E-state index >= 15 is 0 Å². The van der Waals surface area contributed by atoms with E-state index in [4.69, 9.17) is 0 Å². The number of hydrogen-bond acceptors (Lipinski definition) is 3. The molecule has 0 bridgehead atoms. The third kappa shape index (κ3) is 3.39. The standard InChI is InChI=1S/C11H16N2OS/c14-15(9-10-7-12-8-10)6-4-11-3-1-2-5-13-11/h1-3,5,10,12H,4,6-9H2. The summed E-state index contributed by atoms with van der Waals surface area (Å²) >= 11 is 0. The van der Waals surface area contributed by atoms with Crippen LogP contribution in [0.1, 0.15) is 5.69 Å². The van der Waals surface area contributed by atoms with Gasteiger partial charge in [-0.25, -0.2) is 0 Å². The fourth-order valence-corrected chi connectivity index (χ4v) is 2.94. The second-order valence-corrected chi connectivity index (χ2v) is 5.53. The molecule has 3 nitrogen and oxygen atoms in total. The molecular formula is C11H16N2OS. The highest BCUT2D eigenvalue weighted by molar-refractivity contribution is 7.84. The van der Waals surface area contributed by atoms with E-state index in [0.717, 1.165) is 36.7 Å². The van der Waals surface area contributed by atoms with Crippen molar-refractivity contribution in [3.63, 3.8) is 0 Å². The smallest absolute Gasteiger partial charge is 0.0412 e. The minimum Gasteiger partial charge on any atom is -0.316 e. The molecule has 1 aliphatic heterocycles. The van der Waals surface area contributed by atoms with Crippen LogP contribution in [-0.2, 0) is 17.2 Å². The van der Waals surface area contributed by atoms with E-state index in [1.165, 1.54) is 0 Å². The van der Waals surface area contributed by atoms with Crippen molar-refractivity contribution in [2.24, 2.45) is 5.92 Å². The summed E-state index contributed by atoms with van der Waals surface area (Å²) in [6.45, 7) is 2.07. The molecule has 1 aromatic rings. The molecule has 1 saturated heterocycles. The summed E-state index contributed by atoms with van der Waals surface area (Å²) < 4.78 is 11.7. The van der Waals surface area contributed by atoms with Gasteiger partial charge in [0.25, 0.3) is 0 Å². The third-order valence-electron chi connectivity index (χ3n) is 2.60. The van der Waals surface area contributed by atoms with Gasteiger partial charge in [0.1, 0.15) is 0 Å². The third-order valence-corrected chi connectivity index (χ3v) is 4.10. The SMILES string of the molecule is O=S(CCc1ccccn1)CC1CNC1. The van der Waals surface area contributed by atoms with Crippen LogP contribution in [-0.4, -0.2) is 33.8 Å². The summed E-state index contributed by atoms with van der Waals surface area (Å²) in [6, 6.07) is 5.86. The van der Waals surface area contributed by atoms with Gasteiger partial charge in [-0.3, -0.25) is 9.19 Å². The lowest BCUT2D eigenvalue weighted by Gasteiger charge is -2.26. The molecule has 2 heterocycles. The number of aryl methyl sites for hydroxylation is 1. The highest BCUT2D eigenvalue weighted by Crippen LogP contribution is 2.06. The zero-order valence-electron chi connectivity index (χ0n) is 8.69. The van der Waals surface area contributed by atoms with Crippen LogP contribution in [0.2, 0.25) is 0 Å². The molecule has 1 N–H and O–H groups in total. The molecule has 1 atom stereocenters. The van der Waals surface area contributed by atoms with Crippen molar-refractivity contribution >= 4 is 10.8 Å². The van der Waals surface area contributed by atoms with Crippen molar-refractivity contribution in [2.75, 3.05) is 24.6 Å². The Morgan fingerprint density at radius 2 is 2.33 bits per heavy atom. The van der Waals surface area contributed by atoms with Gasteiger partial charge in [-0.15, -0.1) is 0 Å². The van der Waals surface area contributed by atoms with Gasteiger partial charge in [-0.2, -0.15) is 0 Å². The van der Waals surface area contributed by atoms with Crippen LogP contribution in [0.4, 0.5) is 0 Å². The van der Waals surface area contributed by atoms with Gasteiger partial charge in [-0.05, 0) is 18.1 Å². The average Bonchev–Trinajstić information content (AvgIpc) is 2.22. The number of aromatic nitrogens is 1. The number of rotatable bonds is 5. The maximum Gasteiger partial charge on any atom is 0.0412 e. The van der Waals surface area contributed by atoms with E-state index in [9.17, 15) is 4.21 Å². The van der Waals surface area contributed by atoms with Crippen molar-refractivity contribution in [3.8, 4) is 0 Å². The Morgan fingerprint density at radius 3 is 2.93 bits per heavy atom. The van der Waals surface area contributed by atoms with Crippen molar-refractivity contribution in [1.82, 2.24) is 10.3 Å². The van der Waals surface area contributed by atoms with Crippen LogP contribution in [0.3, 0.4) is 0 Å². The van der Waals surface area contributed by atoms with Crippen LogP contribution in [0.5, 0.6) is 0 Å². The maximum absolute atomic E-state index is 11.7. The molecule has 15 heavy (non-hydrogen) atoms. The largest absolute Gasteiger partial charge is 0.316 e. The molecule has 4 heteroatoms. The maximum atomic E-state index is 11.7. The Kier molecular flexibility index (Phi) is 3.86. The van der Waals surface area contributed by atoms with E-state index in [1.54, 1.807) is 6.20 Å². The minimum absolute atomic E-state index is 0.634. The summed E-state index contributed by atoms with van der Waals surface area (Å²) in [5, 5.41) is 3.19. The number of nitrogens with one attached hydrogen (secondary N) is 1. The monoisotopic (exact) mass is 224 g/mol. The first kappa shape index (κ1) is 10.8. The summed E-state index contributed by atoms with van der Waals surface area (Å²) in [4.78, 5) is 4.22. The van der Waals surface area contributed by atoms with E-state index < -0.39 is 10.8 Å². The molecule has 0 amide bonds. The molecule has 0 radical (unpaired) electrons. The topological polar surface area (TPSA) is 42.0 Å². The second-order valence-electron chi connectivity index (χ2n) is 3.91. The van der Waals surface area contributed by atoms with Gasteiger partial charge in [0.05, 0.1) is 0 Å². The van der Waals surface area contributed by atoms with Gasteiger partial charge < -0.3 is 5.32 Å². The van der Waals surface area contributed by atoms with Crippen molar-refractivity contribution in [1.29, 1.82) is 0 Å². The molecule has 0 aromatic carbocycles. The van der Waals surface area contributed by atoms with Gasteiger partial charge in [-0.1, -0.05) is 6.07 Å². The fourth-order valence-electron chi connectivity index (χ4n) is 1.58. The fraction of sp³-hybridized carbons (Fsp3) is 0.545. The van der Waals surface area contributed by atoms with Gasteiger partial charge in [0.2, 0.25) is 0 Å². The Labute approximate surface area is 92.8 Å². The number of nitrogens with zero attached hydrogens (tertiary/aromatic N) is 1.